The van der Waals surface area contributed by atoms with Gasteiger partial charge in [-0.3, -0.25) is 9.89 Å². The van der Waals surface area contributed by atoms with E-state index in [0.29, 0.717) is 24.6 Å². The largest absolute Gasteiger partial charge is 0.369 e. The zero-order valence-electron chi connectivity index (χ0n) is 14.3. The van der Waals surface area contributed by atoms with Gasteiger partial charge in [-0.05, 0) is 38.5 Å². The molecule has 7 nitrogen and oxygen atoms in total. The van der Waals surface area contributed by atoms with Gasteiger partial charge < -0.3 is 10.1 Å². The zero-order valence-corrected chi connectivity index (χ0v) is 14.3. The van der Waals surface area contributed by atoms with Crippen LogP contribution in [0.2, 0.25) is 0 Å². The number of rotatable bonds is 6. The number of fused-ring (bicyclic) bond motifs is 1. The number of ether oxygens (including phenoxy) is 1. The number of nitrogens with one attached hydrogen (secondary N) is 2. The Bertz CT molecular complexity index is 884. The number of aromatic amines is 1. The number of carbonyl (C=O) groups excluding carboxylic acids is 1. The van der Waals surface area contributed by atoms with Gasteiger partial charge in [-0.25, -0.2) is 9.07 Å². The number of amides is 1. The van der Waals surface area contributed by atoms with Crippen LogP contribution in [0.5, 0.6) is 0 Å². The van der Waals surface area contributed by atoms with E-state index in [1.54, 1.807) is 23.7 Å². The Hall–Kier alpha value is -2.74. The van der Waals surface area contributed by atoms with Gasteiger partial charge in [0.1, 0.15) is 17.7 Å². The van der Waals surface area contributed by atoms with Gasteiger partial charge in [0.15, 0.2) is 5.65 Å². The van der Waals surface area contributed by atoms with Crippen LogP contribution in [0.4, 0.5) is 10.2 Å². The van der Waals surface area contributed by atoms with Crippen molar-refractivity contribution in [2.24, 2.45) is 0 Å². The number of anilines is 1. The molecule has 132 valence electrons. The first kappa shape index (κ1) is 17.1. The summed E-state index contributed by atoms with van der Waals surface area (Å²) in [7, 11) is 0. The summed E-state index contributed by atoms with van der Waals surface area (Å²) >= 11 is 0. The van der Waals surface area contributed by atoms with Crippen molar-refractivity contribution in [1.82, 2.24) is 20.0 Å². The van der Waals surface area contributed by atoms with Crippen LogP contribution in [0.1, 0.15) is 25.1 Å². The van der Waals surface area contributed by atoms with Gasteiger partial charge in [0, 0.05) is 6.61 Å². The molecule has 3 aromatic rings. The van der Waals surface area contributed by atoms with Crippen LogP contribution in [0.15, 0.2) is 24.3 Å². The van der Waals surface area contributed by atoms with Crippen molar-refractivity contribution >= 4 is 22.8 Å². The minimum absolute atomic E-state index is 0.252. The smallest absolute Gasteiger partial charge is 0.254 e. The predicted octanol–water partition coefficient (Wildman–Crippen LogP) is 2.62. The lowest BCUT2D eigenvalue weighted by Gasteiger charge is -2.10. The van der Waals surface area contributed by atoms with E-state index in [2.05, 4.69) is 20.6 Å². The van der Waals surface area contributed by atoms with Crippen LogP contribution < -0.4 is 5.32 Å². The number of hydrogen-bond donors (Lipinski definition) is 2. The predicted molar refractivity (Wildman–Crippen MR) is 91.8 cm³/mol. The Kier molecular flexibility index (Phi) is 4.80. The fraction of sp³-hybridized carbons (Fsp3) is 0.353. The summed E-state index contributed by atoms with van der Waals surface area (Å²) in [5.74, 6) is -0.0359. The molecule has 25 heavy (non-hydrogen) atoms. The minimum Gasteiger partial charge on any atom is -0.369 e. The third-order valence-electron chi connectivity index (χ3n) is 3.90. The number of benzene rings is 1. The minimum atomic E-state index is -0.557. The van der Waals surface area contributed by atoms with Gasteiger partial charge in [-0.15, -0.1) is 0 Å². The highest BCUT2D eigenvalue weighted by molar-refractivity contribution is 6.01. The first-order valence-electron chi connectivity index (χ1n) is 8.08. The summed E-state index contributed by atoms with van der Waals surface area (Å²) in [5, 5.41) is 15.1. The Morgan fingerprint density at radius 2 is 2.12 bits per heavy atom. The van der Waals surface area contributed by atoms with Crippen molar-refractivity contribution in [2.75, 3.05) is 11.9 Å². The van der Waals surface area contributed by atoms with Crippen molar-refractivity contribution in [3.63, 3.8) is 0 Å². The molecule has 0 fully saturated rings. The summed E-state index contributed by atoms with van der Waals surface area (Å²) in [6.07, 6.45) is -0.557. The first-order valence-corrected chi connectivity index (χ1v) is 8.08. The van der Waals surface area contributed by atoms with Crippen molar-refractivity contribution < 1.29 is 13.9 Å². The number of halogens is 1. The number of aryl methyl sites for hydroxylation is 1. The molecule has 0 bridgehead atoms. The van der Waals surface area contributed by atoms with E-state index < -0.39 is 6.10 Å². The molecule has 2 N–H and O–H groups in total. The zero-order chi connectivity index (χ0) is 18.0. The molecule has 0 aliphatic carbocycles. The molecule has 0 spiro atoms. The second-order valence-corrected chi connectivity index (χ2v) is 5.75. The van der Waals surface area contributed by atoms with Gasteiger partial charge >= 0.3 is 0 Å². The van der Waals surface area contributed by atoms with Gasteiger partial charge in [0.05, 0.1) is 17.6 Å². The maximum absolute atomic E-state index is 13.0. The second-order valence-electron chi connectivity index (χ2n) is 5.75. The van der Waals surface area contributed by atoms with Gasteiger partial charge in [-0.2, -0.15) is 10.2 Å². The van der Waals surface area contributed by atoms with Crippen molar-refractivity contribution in [1.29, 1.82) is 0 Å². The SMILES string of the molecule is CCO[C@@H](C)C(=O)Nc1[nH]nc2c1c(C)nn2Cc1ccc(F)cc1. The lowest BCUT2D eigenvalue weighted by Crippen LogP contribution is -2.27. The third-order valence-corrected chi connectivity index (χ3v) is 3.90. The lowest BCUT2D eigenvalue weighted by atomic mass is 10.2. The van der Waals surface area contributed by atoms with Crippen LogP contribution in [-0.2, 0) is 16.1 Å². The average Bonchev–Trinajstić information content (AvgIpc) is 3.12. The van der Waals surface area contributed by atoms with Crippen molar-refractivity contribution in [3.8, 4) is 0 Å². The van der Waals surface area contributed by atoms with E-state index in [1.165, 1.54) is 12.1 Å². The van der Waals surface area contributed by atoms with Crippen molar-refractivity contribution in [3.05, 3.63) is 41.3 Å². The molecule has 1 aromatic carbocycles. The standard InChI is InChI=1S/C17H20FN5O2/c1-4-25-11(3)17(24)19-15-14-10(2)22-23(16(14)21-20-15)9-12-5-7-13(18)8-6-12/h5-8,11H,4,9H2,1-3H3,(H2,19,20,21,24)/t11-/m0/s1. The first-order chi connectivity index (χ1) is 12.0. The van der Waals surface area contributed by atoms with Gasteiger partial charge in [0.2, 0.25) is 0 Å². The number of carbonyl (C=O) groups is 1. The van der Waals surface area contributed by atoms with E-state index in [1.807, 2.05) is 13.8 Å². The second kappa shape index (κ2) is 7.02. The molecule has 1 atom stereocenters. The van der Waals surface area contributed by atoms with Crippen LogP contribution in [0.3, 0.4) is 0 Å². The lowest BCUT2D eigenvalue weighted by molar-refractivity contribution is -0.126. The molecule has 2 aromatic heterocycles. The van der Waals surface area contributed by atoms with Gasteiger partial charge in [0.25, 0.3) is 5.91 Å². The maximum Gasteiger partial charge on any atom is 0.254 e. The topological polar surface area (TPSA) is 84.8 Å². The van der Waals surface area contributed by atoms with E-state index >= 15 is 0 Å². The Labute approximate surface area is 144 Å². The maximum atomic E-state index is 13.0. The number of aromatic nitrogens is 4. The van der Waals surface area contributed by atoms with E-state index in [4.69, 9.17) is 4.74 Å². The molecule has 2 heterocycles. The average molecular weight is 345 g/mol. The fourth-order valence-corrected chi connectivity index (χ4v) is 2.65. The van der Waals surface area contributed by atoms with Crippen LogP contribution in [0, 0.1) is 12.7 Å². The molecule has 0 saturated heterocycles. The molecule has 0 aliphatic rings. The molecule has 0 radical (unpaired) electrons. The Balaban J connectivity index is 1.85. The quantitative estimate of drug-likeness (QED) is 0.719. The highest BCUT2D eigenvalue weighted by Crippen LogP contribution is 2.24. The summed E-state index contributed by atoms with van der Waals surface area (Å²) in [6.45, 7) is 6.29. The van der Waals surface area contributed by atoms with E-state index in [9.17, 15) is 9.18 Å². The molecule has 0 saturated carbocycles. The number of nitrogens with zero attached hydrogens (tertiary/aromatic N) is 3. The Morgan fingerprint density at radius 1 is 1.40 bits per heavy atom. The van der Waals surface area contributed by atoms with Gasteiger partial charge in [-0.1, -0.05) is 12.1 Å². The van der Waals surface area contributed by atoms with E-state index in [0.717, 1.165) is 16.6 Å². The highest BCUT2D eigenvalue weighted by atomic mass is 19.1. The third kappa shape index (κ3) is 3.53. The van der Waals surface area contributed by atoms with Crippen LogP contribution in [-0.4, -0.2) is 38.6 Å². The molecular weight excluding hydrogens is 325 g/mol. The summed E-state index contributed by atoms with van der Waals surface area (Å²) in [6, 6.07) is 6.23. The number of H-pyrrole nitrogens is 1. The van der Waals surface area contributed by atoms with Crippen LogP contribution >= 0.6 is 0 Å². The molecule has 8 heteroatoms. The monoisotopic (exact) mass is 345 g/mol. The molecular formula is C17H20FN5O2. The summed E-state index contributed by atoms with van der Waals surface area (Å²) < 4.78 is 20.0. The highest BCUT2D eigenvalue weighted by Gasteiger charge is 2.19. The summed E-state index contributed by atoms with van der Waals surface area (Å²) in [4.78, 5) is 12.1. The van der Waals surface area contributed by atoms with Crippen LogP contribution in [0.25, 0.3) is 11.0 Å². The normalized spacial score (nSPS) is 12.5. The molecule has 0 aliphatic heterocycles. The molecule has 3 rings (SSSR count). The summed E-state index contributed by atoms with van der Waals surface area (Å²) in [5.41, 5.74) is 2.27. The van der Waals surface area contributed by atoms with Crippen molar-refractivity contribution in [2.45, 2.75) is 33.4 Å². The van der Waals surface area contributed by atoms with E-state index in [-0.39, 0.29) is 11.7 Å². The Morgan fingerprint density at radius 3 is 2.80 bits per heavy atom. The molecule has 1 amide bonds. The fourth-order valence-electron chi connectivity index (χ4n) is 2.65. The molecule has 0 unspecified atom stereocenters. The number of hydrogen-bond acceptors (Lipinski definition) is 4.